The fourth-order valence-corrected chi connectivity index (χ4v) is 3.72. The van der Waals surface area contributed by atoms with Crippen molar-refractivity contribution in [1.29, 1.82) is 0 Å². The van der Waals surface area contributed by atoms with Gasteiger partial charge in [0.15, 0.2) is 0 Å². The molecule has 0 heterocycles. The molecule has 0 aliphatic carbocycles. The summed E-state index contributed by atoms with van der Waals surface area (Å²) in [5.41, 5.74) is 6.90. The minimum absolute atomic E-state index is 0.502. The Morgan fingerprint density at radius 3 is 1.93 bits per heavy atom. The van der Waals surface area contributed by atoms with Crippen LogP contribution in [0.1, 0.15) is 59.4 Å². The van der Waals surface area contributed by atoms with Gasteiger partial charge in [-0.2, -0.15) is 0 Å². The third-order valence-corrected chi connectivity index (χ3v) is 5.48. The number of rotatable bonds is 10. The lowest BCUT2D eigenvalue weighted by molar-refractivity contribution is 0.568. The van der Waals surface area contributed by atoms with Crippen molar-refractivity contribution in [3.63, 3.8) is 0 Å². The Balaban J connectivity index is 1.44. The third-order valence-electron chi connectivity index (χ3n) is 5.48. The van der Waals surface area contributed by atoms with E-state index in [1.807, 2.05) is 0 Å². The van der Waals surface area contributed by atoms with Crippen LogP contribution in [0.3, 0.4) is 0 Å². The molecule has 0 aromatic heterocycles. The van der Waals surface area contributed by atoms with Gasteiger partial charge in [0.25, 0.3) is 0 Å². The summed E-state index contributed by atoms with van der Waals surface area (Å²) < 4.78 is 0. The second-order valence-electron chi connectivity index (χ2n) is 7.89. The largest absolute Gasteiger partial charge is 0.313 e. The molecular weight excluding hydrogens is 338 g/mol. The highest BCUT2D eigenvalue weighted by Crippen LogP contribution is 2.30. The van der Waals surface area contributed by atoms with Crippen molar-refractivity contribution in [2.24, 2.45) is 0 Å². The van der Waals surface area contributed by atoms with Gasteiger partial charge in [0, 0.05) is 12.5 Å². The monoisotopic (exact) mass is 371 g/mol. The molecule has 0 fully saturated rings. The van der Waals surface area contributed by atoms with Gasteiger partial charge in [-0.3, -0.25) is 0 Å². The molecule has 1 nitrogen and oxygen atoms in total. The van der Waals surface area contributed by atoms with Crippen molar-refractivity contribution in [2.45, 2.75) is 52.0 Å². The molecule has 1 atom stereocenters. The topological polar surface area (TPSA) is 12.0 Å². The SMILES string of the molecule is Cc1ccc(CNCCCCCC(c2ccccc2)c2ccc(C)cc2)cc1. The standard InChI is InChI=1S/C27H33N/c1-22-12-16-24(17-13-22)21-28-20-8-4-7-11-27(25-9-5-3-6-10-25)26-18-14-23(2)15-19-26/h3,5-6,9-10,12-19,27-28H,4,7-8,11,20-21H2,1-2H3. The molecule has 0 saturated heterocycles. The highest BCUT2D eigenvalue weighted by atomic mass is 14.8. The average Bonchev–Trinajstić information content (AvgIpc) is 2.73. The smallest absolute Gasteiger partial charge is 0.0205 e. The lowest BCUT2D eigenvalue weighted by atomic mass is 9.86. The van der Waals surface area contributed by atoms with E-state index in [4.69, 9.17) is 0 Å². The van der Waals surface area contributed by atoms with Gasteiger partial charge in [-0.15, -0.1) is 0 Å². The van der Waals surface area contributed by atoms with Gasteiger partial charge in [0.1, 0.15) is 0 Å². The number of benzene rings is 3. The summed E-state index contributed by atoms with van der Waals surface area (Å²) in [6.45, 7) is 6.35. The normalized spacial score (nSPS) is 12.1. The van der Waals surface area contributed by atoms with E-state index < -0.39 is 0 Å². The second kappa shape index (κ2) is 10.8. The van der Waals surface area contributed by atoms with E-state index in [1.54, 1.807) is 0 Å². The van der Waals surface area contributed by atoms with Gasteiger partial charge >= 0.3 is 0 Å². The quantitative estimate of drug-likeness (QED) is 0.387. The van der Waals surface area contributed by atoms with Crippen LogP contribution in [0.15, 0.2) is 78.9 Å². The van der Waals surface area contributed by atoms with Gasteiger partial charge in [-0.25, -0.2) is 0 Å². The fraction of sp³-hybridized carbons (Fsp3) is 0.333. The number of hydrogen-bond acceptors (Lipinski definition) is 1. The first-order chi connectivity index (χ1) is 13.7. The van der Waals surface area contributed by atoms with Crippen molar-refractivity contribution in [3.8, 4) is 0 Å². The Kier molecular flexibility index (Phi) is 7.87. The van der Waals surface area contributed by atoms with E-state index in [0.29, 0.717) is 5.92 Å². The number of hydrogen-bond donors (Lipinski definition) is 1. The minimum atomic E-state index is 0.502. The van der Waals surface area contributed by atoms with Crippen molar-refractivity contribution >= 4 is 0 Å². The lowest BCUT2D eigenvalue weighted by Gasteiger charge is -2.18. The molecule has 3 rings (SSSR count). The van der Waals surface area contributed by atoms with E-state index in [2.05, 4.69) is 98.0 Å². The molecule has 3 aromatic rings. The zero-order chi connectivity index (χ0) is 19.6. The molecule has 0 spiro atoms. The maximum Gasteiger partial charge on any atom is 0.0205 e. The van der Waals surface area contributed by atoms with Gasteiger partial charge in [-0.1, -0.05) is 103 Å². The first-order valence-corrected chi connectivity index (χ1v) is 10.6. The molecule has 0 saturated carbocycles. The van der Waals surface area contributed by atoms with Crippen molar-refractivity contribution < 1.29 is 0 Å². The Morgan fingerprint density at radius 2 is 1.25 bits per heavy atom. The number of aryl methyl sites for hydroxylation is 2. The molecule has 0 bridgehead atoms. The summed E-state index contributed by atoms with van der Waals surface area (Å²) >= 11 is 0. The number of unbranched alkanes of at least 4 members (excludes halogenated alkanes) is 2. The van der Waals surface area contributed by atoms with Gasteiger partial charge in [0.2, 0.25) is 0 Å². The summed E-state index contributed by atoms with van der Waals surface area (Å²) in [6.07, 6.45) is 4.99. The Morgan fingerprint density at radius 1 is 0.643 bits per heavy atom. The molecule has 0 aliphatic heterocycles. The van der Waals surface area contributed by atoms with Crippen LogP contribution >= 0.6 is 0 Å². The van der Waals surface area contributed by atoms with E-state index in [9.17, 15) is 0 Å². The minimum Gasteiger partial charge on any atom is -0.313 e. The van der Waals surface area contributed by atoms with E-state index in [1.165, 1.54) is 53.5 Å². The van der Waals surface area contributed by atoms with Crippen LogP contribution in [-0.4, -0.2) is 6.54 Å². The third kappa shape index (κ3) is 6.35. The van der Waals surface area contributed by atoms with Gasteiger partial charge < -0.3 is 5.32 Å². The molecule has 3 aromatic carbocycles. The maximum absolute atomic E-state index is 3.58. The zero-order valence-electron chi connectivity index (χ0n) is 17.3. The van der Waals surface area contributed by atoms with Crippen LogP contribution in [0.4, 0.5) is 0 Å². The molecule has 1 unspecified atom stereocenters. The molecule has 28 heavy (non-hydrogen) atoms. The maximum atomic E-state index is 3.58. The first-order valence-electron chi connectivity index (χ1n) is 10.6. The molecule has 1 N–H and O–H groups in total. The van der Waals surface area contributed by atoms with E-state index >= 15 is 0 Å². The van der Waals surface area contributed by atoms with Crippen LogP contribution < -0.4 is 5.32 Å². The van der Waals surface area contributed by atoms with Crippen LogP contribution in [0.2, 0.25) is 0 Å². The van der Waals surface area contributed by atoms with Crippen LogP contribution in [0.25, 0.3) is 0 Å². The summed E-state index contributed by atoms with van der Waals surface area (Å²) in [6, 6.07) is 28.8. The Hall–Kier alpha value is -2.38. The van der Waals surface area contributed by atoms with Crippen LogP contribution in [-0.2, 0) is 6.54 Å². The first kappa shape index (κ1) is 20.4. The average molecular weight is 372 g/mol. The summed E-state index contributed by atoms with van der Waals surface area (Å²) in [5.74, 6) is 0.502. The zero-order valence-corrected chi connectivity index (χ0v) is 17.3. The number of nitrogens with one attached hydrogen (secondary N) is 1. The predicted molar refractivity (Wildman–Crippen MR) is 121 cm³/mol. The summed E-state index contributed by atoms with van der Waals surface area (Å²) in [5, 5.41) is 3.58. The molecule has 146 valence electrons. The van der Waals surface area contributed by atoms with E-state index in [-0.39, 0.29) is 0 Å². The molecule has 0 radical (unpaired) electrons. The Labute approximate surface area is 170 Å². The highest BCUT2D eigenvalue weighted by molar-refractivity contribution is 5.33. The van der Waals surface area contributed by atoms with Crippen LogP contribution in [0.5, 0.6) is 0 Å². The van der Waals surface area contributed by atoms with Crippen molar-refractivity contribution in [3.05, 3.63) is 107 Å². The lowest BCUT2D eigenvalue weighted by Crippen LogP contribution is -2.14. The molecule has 0 aliphatic rings. The summed E-state index contributed by atoms with van der Waals surface area (Å²) in [4.78, 5) is 0. The van der Waals surface area contributed by atoms with Gasteiger partial charge in [-0.05, 0) is 49.9 Å². The molecule has 1 heteroatoms. The van der Waals surface area contributed by atoms with Crippen LogP contribution in [0, 0.1) is 13.8 Å². The highest BCUT2D eigenvalue weighted by Gasteiger charge is 2.13. The predicted octanol–water partition coefficient (Wildman–Crippen LogP) is 6.79. The van der Waals surface area contributed by atoms with Crippen molar-refractivity contribution in [1.82, 2.24) is 5.32 Å². The Bertz CT molecular complexity index is 803. The molecule has 0 amide bonds. The molecular formula is C27H33N. The van der Waals surface area contributed by atoms with Gasteiger partial charge in [0.05, 0.1) is 0 Å². The van der Waals surface area contributed by atoms with E-state index in [0.717, 1.165) is 13.1 Å². The summed E-state index contributed by atoms with van der Waals surface area (Å²) in [7, 11) is 0. The van der Waals surface area contributed by atoms with Crippen molar-refractivity contribution in [2.75, 3.05) is 6.54 Å². The second-order valence-corrected chi connectivity index (χ2v) is 7.89. The fourth-order valence-electron chi connectivity index (χ4n) is 3.72.